The molecule has 16 heavy (non-hydrogen) atoms. The monoisotopic (exact) mass is 241 g/mol. The minimum atomic E-state index is -1.79. The third-order valence-electron chi connectivity index (χ3n) is 2.70. The molecule has 2 atom stereocenters. The SMILES string of the molecule is O=C(NCCc1ccccc1)C1C[C@@]1(F)Cl. The molecule has 0 aliphatic heterocycles. The number of hydrogen-bond donors (Lipinski definition) is 1. The molecule has 1 N–H and O–H groups in total. The van der Waals surface area contributed by atoms with Crippen molar-refractivity contribution in [1.29, 1.82) is 0 Å². The molecule has 4 heteroatoms. The van der Waals surface area contributed by atoms with E-state index in [0.717, 1.165) is 12.0 Å². The van der Waals surface area contributed by atoms with Crippen LogP contribution in [0.15, 0.2) is 30.3 Å². The van der Waals surface area contributed by atoms with Gasteiger partial charge in [0.25, 0.3) is 0 Å². The first kappa shape index (κ1) is 11.4. The summed E-state index contributed by atoms with van der Waals surface area (Å²) >= 11 is 5.37. The fraction of sp³-hybridized carbons (Fsp3) is 0.417. The predicted molar refractivity (Wildman–Crippen MR) is 61.0 cm³/mol. The van der Waals surface area contributed by atoms with Crippen molar-refractivity contribution >= 4 is 17.5 Å². The van der Waals surface area contributed by atoms with Crippen LogP contribution in [0.25, 0.3) is 0 Å². The fourth-order valence-corrected chi connectivity index (χ4v) is 1.85. The number of rotatable bonds is 4. The van der Waals surface area contributed by atoms with E-state index < -0.39 is 11.0 Å². The summed E-state index contributed by atoms with van der Waals surface area (Å²) in [5, 5.41) is 0.891. The van der Waals surface area contributed by atoms with Crippen molar-refractivity contribution in [3.05, 3.63) is 35.9 Å². The van der Waals surface area contributed by atoms with Crippen LogP contribution in [0, 0.1) is 5.92 Å². The molecule has 1 aliphatic carbocycles. The van der Waals surface area contributed by atoms with Crippen molar-refractivity contribution in [2.75, 3.05) is 6.54 Å². The number of alkyl halides is 2. The molecule has 1 saturated carbocycles. The molecule has 0 saturated heterocycles. The van der Waals surface area contributed by atoms with E-state index in [0.29, 0.717) is 6.54 Å². The normalized spacial score (nSPS) is 27.5. The van der Waals surface area contributed by atoms with Crippen LogP contribution in [0.4, 0.5) is 4.39 Å². The van der Waals surface area contributed by atoms with Crippen LogP contribution in [0.3, 0.4) is 0 Å². The number of halogens is 2. The summed E-state index contributed by atoms with van der Waals surface area (Å²) in [5.74, 6) is -0.946. The van der Waals surface area contributed by atoms with Gasteiger partial charge in [-0.2, -0.15) is 0 Å². The summed E-state index contributed by atoms with van der Waals surface area (Å²) in [4.78, 5) is 11.4. The van der Waals surface area contributed by atoms with Gasteiger partial charge in [0.2, 0.25) is 5.91 Å². The Balaban J connectivity index is 1.71. The van der Waals surface area contributed by atoms with E-state index in [1.807, 2.05) is 30.3 Å². The first-order valence-electron chi connectivity index (χ1n) is 5.29. The minimum absolute atomic E-state index is 0.131. The van der Waals surface area contributed by atoms with Crippen molar-refractivity contribution in [1.82, 2.24) is 5.32 Å². The largest absolute Gasteiger partial charge is 0.355 e. The van der Waals surface area contributed by atoms with Gasteiger partial charge in [0, 0.05) is 13.0 Å². The Morgan fingerprint density at radius 1 is 1.50 bits per heavy atom. The lowest BCUT2D eigenvalue weighted by Crippen LogP contribution is -2.28. The van der Waals surface area contributed by atoms with Gasteiger partial charge >= 0.3 is 0 Å². The van der Waals surface area contributed by atoms with E-state index in [1.54, 1.807) is 0 Å². The molecule has 1 aliphatic rings. The second-order valence-corrected chi connectivity index (χ2v) is 4.67. The summed E-state index contributed by atoms with van der Waals surface area (Å²) in [6, 6.07) is 9.82. The number of amides is 1. The number of benzene rings is 1. The van der Waals surface area contributed by atoms with Crippen LogP contribution in [-0.2, 0) is 11.2 Å². The van der Waals surface area contributed by atoms with Crippen LogP contribution < -0.4 is 5.32 Å². The third kappa shape index (κ3) is 2.73. The summed E-state index contributed by atoms with van der Waals surface area (Å²) < 4.78 is 13.0. The molecule has 1 aromatic rings. The molecule has 2 rings (SSSR count). The lowest BCUT2D eigenvalue weighted by Gasteiger charge is -2.04. The van der Waals surface area contributed by atoms with Gasteiger partial charge in [0.05, 0.1) is 5.92 Å². The molecular weight excluding hydrogens is 229 g/mol. The van der Waals surface area contributed by atoms with E-state index >= 15 is 0 Å². The molecule has 0 aromatic heterocycles. The molecule has 86 valence electrons. The Morgan fingerprint density at radius 3 is 2.69 bits per heavy atom. The van der Waals surface area contributed by atoms with E-state index in [9.17, 15) is 9.18 Å². The molecular formula is C12H13ClFNO. The van der Waals surface area contributed by atoms with Crippen molar-refractivity contribution in [3.8, 4) is 0 Å². The van der Waals surface area contributed by atoms with Crippen molar-refractivity contribution < 1.29 is 9.18 Å². The highest BCUT2D eigenvalue weighted by molar-refractivity contribution is 6.27. The van der Waals surface area contributed by atoms with Gasteiger partial charge in [0.1, 0.15) is 0 Å². The van der Waals surface area contributed by atoms with E-state index in [4.69, 9.17) is 11.6 Å². The fourth-order valence-electron chi connectivity index (χ4n) is 1.60. The maximum absolute atomic E-state index is 13.0. The smallest absolute Gasteiger partial charge is 0.227 e. The van der Waals surface area contributed by atoms with Gasteiger partial charge in [-0.25, -0.2) is 4.39 Å². The molecule has 2 nitrogen and oxygen atoms in total. The maximum atomic E-state index is 13.0. The van der Waals surface area contributed by atoms with Gasteiger partial charge in [0.15, 0.2) is 5.13 Å². The van der Waals surface area contributed by atoms with E-state index in [-0.39, 0.29) is 12.3 Å². The molecule has 1 aromatic carbocycles. The minimum Gasteiger partial charge on any atom is -0.355 e. The predicted octanol–water partition coefficient (Wildman–Crippen LogP) is 2.27. The molecule has 1 amide bonds. The quantitative estimate of drug-likeness (QED) is 0.805. The highest BCUT2D eigenvalue weighted by Crippen LogP contribution is 2.50. The van der Waals surface area contributed by atoms with E-state index in [1.165, 1.54) is 0 Å². The van der Waals surface area contributed by atoms with Gasteiger partial charge < -0.3 is 5.32 Å². The Morgan fingerprint density at radius 2 is 2.12 bits per heavy atom. The summed E-state index contributed by atoms with van der Waals surface area (Å²) in [6.45, 7) is 0.520. The van der Waals surface area contributed by atoms with Crippen molar-refractivity contribution in [3.63, 3.8) is 0 Å². The zero-order valence-corrected chi connectivity index (χ0v) is 9.51. The molecule has 0 spiro atoms. The molecule has 1 fully saturated rings. The molecule has 0 heterocycles. The highest BCUT2D eigenvalue weighted by Gasteiger charge is 2.58. The van der Waals surface area contributed by atoms with Gasteiger partial charge in [-0.3, -0.25) is 4.79 Å². The summed E-state index contributed by atoms with van der Waals surface area (Å²) in [5.41, 5.74) is 1.15. The topological polar surface area (TPSA) is 29.1 Å². The standard InChI is InChI=1S/C12H13ClFNO/c13-12(14)8-10(12)11(16)15-7-6-9-4-2-1-3-5-9/h1-5,10H,6-8H2,(H,15,16)/t10?,12-/m0/s1. The molecule has 0 radical (unpaired) electrons. The number of hydrogen-bond acceptors (Lipinski definition) is 1. The summed E-state index contributed by atoms with van der Waals surface area (Å²) in [6.07, 6.45) is 0.882. The van der Waals surface area contributed by atoms with Crippen LogP contribution >= 0.6 is 11.6 Å². The molecule has 0 bridgehead atoms. The average Bonchev–Trinajstić information content (AvgIpc) is 2.89. The number of nitrogens with one attached hydrogen (secondary N) is 1. The maximum Gasteiger partial charge on any atom is 0.227 e. The van der Waals surface area contributed by atoms with Crippen LogP contribution in [0.5, 0.6) is 0 Å². The number of carbonyl (C=O) groups excluding carboxylic acids is 1. The van der Waals surface area contributed by atoms with Crippen LogP contribution in [0.2, 0.25) is 0 Å². The molecule has 1 unspecified atom stereocenters. The van der Waals surface area contributed by atoms with Crippen LogP contribution in [-0.4, -0.2) is 17.6 Å². The highest BCUT2D eigenvalue weighted by atomic mass is 35.5. The Bertz CT molecular complexity index is 380. The van der Waals surface area contributed by atoms with Gasteiger partial charge in [-0.05, 0) is 12.0 Å². The van der Waals surface area contributed by atoms with Gasteiger partial charge in [-0.1, -0.05) is 41.9 Å². The van der Waals surface area contributed by atoms with Crippen molar-refractivity contribution in [2.24, 2.45) is 5.92 Å². The average molecular weight is 242 g/mol. The summed E-state index contributed by atoms with van der Waals surface area (Å²) in [7, 11) is 0. The lowest BCUT2D eigenvalue weighted by atomic mass is 10.1. The second kappa shape index (κ2) is 4.42. The lowest BCUT2D eigenvalue weighted by molar-refractivity contribution is -0.122. The van der Waals surface area contributed by atoms with Crippen LogP contribution in [0.1, 0.15) is 12.0 Å². The third-order valence-corrected chi connectivity index (χ3v) is 3.12. The Hall–Kier alpha value is -1.09. The second-order valence-electron chi connectivity index (χ2n) is 4.04. The zero-order valence-electron chi connectivity index (χ0n) is 8.75. The van der Waals surface area contributed by atoms with E-state index in [2.05, 4.69) is 5.32 Å². The Labute approximate surface area is 98.8 Å². The van der Waals surface area contributed by atoms with Crippen molar-refractivity contribution in [2.45, 2.75) is 18.0 Å². The first-order valence-corrected chi connectivity index (χ1v) is 5.67. The van der Waals surface area contributed by atoms with Gasteiger partial charge in [-0.15, -0.1) is 0 Å². The first-order chi connectivity index (χ1) is 7.59. The zero-order chi connectivity index (χ0) is 11.6. The number of carbonyl (C=O) groups is 1. The Kier molecular flexibility index (Phi) is 3.15.